The van der Waals surface area contributed by atoms with Gasteiger partial charge in [-0.25, -0.2) is 0 Å². The minimum absolute atomic E-state index is 0.479. The first kappa shape index (κ1) is 8.10. The molecule has 0 bridgehead atoms. The zero-order chi connectivity index (χ0) is 8.39. The lowest BCUT2D eigenvalue weighted by Crippen LogP contribution is -2.48. The fraction of sp³-hybridized carbons (Fsp3) is 0.800. The summed E-state index contributed by atoms with van der Waals surface area (Å²) in [6.07, 6.45) is 9.59. The smallest absolute Gasteiger partial charge is 0.0731 e. The molecule has 0 aromatic heterocycles. The maximum atomic E-state index is 5.67. The van der Waals surface area contributed by atoms with Crippen LogP contribution in [-0.2, 0) is 4.74 Å². The Morgan fingerprint density at radius 1 is 1.50 bits per heavy atom. The minimum atomic E-state index is 0.479. The van der Waals surface area contributed by atoms with Gasteiger partial charge in [0.15, 0.2) is 0 Å². The van der Waals surface area contributed by atoms with Crippen LogP contribution in [0.15, 0.2) is 0 Å². The summed E-state index contributed by atoms with van der Waals surface area (Å²) in [7, 11) is 0. The summed E-state index contributed by atoms with van der Waals surface area (Å²) >= 11 is 0. The van der Waals surface area contributed by atoms with E-state index in [0.29, 0.717) is 12.1 Å². The highest BCUT2D eigenvalue weighted by molar-refractivity contribution is 4.96. The van der Waals surface area contributed by atoms with Gasteiger partial charge in [0.2, 0.25) is 0 Å². The molecule has 2 aliphatic rings. The molecule has 0 amide bonds. The van der Waals surface area contributed by atoms with Crippen LogP contribution in [0.25, 0.3) is 0 Å². The predicted octanol–water partition coefficient (Wildman–Crippen LogP) is 0.873. The van der Waals surface area contributed by atoms with E-state index in [0.717, 1.165) is 19.7 Å². The third kappa shape index (κ3) is 1.35. The van der Waals surface area contributed by atoms with E-state index in [1.54, 1.807) is 0 Å². The van der Waals surface area contributed by atoms with Gasteiger partial charge in [-0.1, -0.05) is 5.92 Å². The first-order valence-corrected chi connectivity index (χ1v) is 4.71. The molecule has 0 aromatic rings. The number of hydrogen-bond donors (Lipinski definition) is 0. The third-order valence-electron chi connectivity index (χ3n) is 2.89. The van der Waals surface area contributed by atoms with Gasteiger partial charge >= 0.3 is 0 Å². The SMILES string of the molecule is C#CCN1CCOC2CCCC21. The Labute approximate surface area is 73.9 Å². The quantitative estimate of drug-likeness (QED) is 0.535. The maximum absolute atomic E-state index is 5.67. The van der Waals surface area contributed by atoms with E-state index < -0.39 is 0 Å². The number of fused-ring (bicyclic) bond motifs is 1. The zero-order valence-corrected chi connectivity index (χ0v) is 7.33. The molecule has 0 radical (unpaired) electrons. The van der Waals surface area contributed by atoms with E-state index in [9.17, 15) is 0 Å². The molecule has 1 aliphatic heterocycles. The Morgan fingerprint density at radius 2 is 2.42 bits per heavy atom. The average Bonchev–Trinajstić information content (AvgIpc) is 2.53. The van der Waals surface area contributed by atoms with Crippen LogP contribution >= 0.6 is 0 Å². The van der Waals surface area contributed by atoms with Crippen molar-refractivity contribution in [2.45, 2.75) is 31.4 Å². The van der Waals surface area contributed by atoms with Gasteiger partial charge in [-0.2, -0.15) is 0 Å². The molecule has 2 atom stereocenters. The Balaban J connectivity index is 1.99. The van der Waals surface area contributed by atoms with E-state index in [1.165, 1.54) is 19.3 Å². The van der Waals surface area contributed by atoms with Crippen molar-refractivity contribution >= 4 is 0 Å². The molecule has 2 fully saturated rings. The lowest BCUT2D eigenvalue weighted by Gasteiger charge is -2.36. The van der Waals surface area contributed by atoms with Gasteiger partial charge in [0.25, 0.3) is 0 Å². The molecule has 1 heterocycles. The van der Waals surface area contributed by atoms with Gasteiger partial charge < -0.3 is 4.74 Å². The van der Waals surface area contributed by atoms with Crippen molar-refractivity contribution in [3.8, 4) is 12.3 Å². The van der Waals surface area contributed by atoms with Crippen molar-refractivity contribution in [3.63, 3.8) is 0 Å². The van der Waals surface area contributed by atoms with Crippen molar-refractivity contribution in [1.82, 2.24) is 4.90 Å². The van der Waals surface area contributed by atoms with Crippen molar-refractivity contribution in [2.24, 2.45) is 0 Å². The second kappa shape index (κ2) is 3.47. The van der Waals surface area contributed by atoms with E-state index in [-0.39, 0.29) is 0 Å². The number of terminal acetylenes is 1. The highest BCUT2D eigenvalue weighted by Crippen LogP contribution is 2.29. The van der Waals surface area contributed by atoms with Gasteiger partial charge in [-0.15, -0.1) is 6.42 Å². The Bertz CT molecular complexity index is 197. The van der Waals surface area contributed by atoms with E-state index >= 15 is 0 Å². The Hall–Kier alpha value is -0.520. The lowest BCUT2D eigenvalue weighted by molar-refractivity contribution is -0.0503. The minimum Gasteiger partial charge on any atom is -0.375 e. The van der Waals surface area contributed by atoms with Gasteiger partial charge in [0, 0.05) is 12.6 Å². The van der Waals surface area contributed by atoms with Crippen molar-refractivity contribution in [1.29, 1.82) is 0 Å². The number of rotatable bonds is 1. The van der Waals surface area contributed by atoms with Crippen LogP contribution in [-0.4, -0.2) is 36.7 Å². The summed E-state index contributed by atoms with van der Waals surface area (Å²) in [6.45, 7) is 2.68. The zero-order valence-electron chi connectivity index (χ0n) is 7.33. The summed E-state index contributed by atoms with van der Waals surface area (Å²) in [5, 5.41) is 0. The summed E-state index contributed by atoms with van der Waals surface area (Å²) in [5.41, 5.74) is 0. The summed E-state index contributed by atoms with van der Waals surface area (Å²) in [4.78, 5) is 2.39. The van der Waals surface area contributed by atoms with E-state index in [1.807, 2.05) is 0 Å². The molecular formula is C10H15NO. The third-order valence-corrected chi connectivity index (χ3v) is 2.89. The van der Waals surface area contributed by atoms with Gasteiger partial charge in [0.1, 0.15) is 0 Å². The topological polar surface area (TPSA) is 12.5 Å². The highest BCUT2D eigenvalue weighted by Gasteiger charge is 2.35. The van der Waals surface area contributed by atoms with E-state index in [4.69, 9.17) is 11.2 Å². The molecule has 1 saturated heterocycles. The largest absolute Gasteiger partial charge is 0.375 e. The second-order valence-corrected chi connectivity index (χ2v) is 3.58. The standard InChI is InChI=1S/C10H15NO/c1-2-6-11-7-8-12-10-5-3-4-9(10)11/h1,9-10H,3-8H2. The van der Waals surface area contributed by atoms with Crippen molar-refractivity contribution in [2.75, 3.05) is 19.7 Å². The number of hydrogen-bond acceptors (Lipinski definition) is 2. The Morgan fingerprint density at radius 3 is 3.25 bits per heavy atom. The average molecular weight is 165 g/mol. The maximum Gasteiger partial charge on any atom is 0.0731 e. The van der Waals surface area contributed by atoms with Crippen molar-refractivity contribution in [3.05, 3.63) is 0 Å². The van der Waals surface area contributed by atoms with Crippen LogP contribution in [0, 0.1) is 12.3 Å². The monoisotopic (exact) mass is 165 g/mol. The molecule has 66 valence electrons. The van der Waals surface area contributed by atoms with Gasteiger partial charge in [-0.3, -0.25) is 4.90 Å². The van der Waals surface area contributed by atoms with Crippen LogP contribution in [0.3, 0.4) is 0 Å². The molecule has 2 heteroatoms. The first-order chi connectivity index (χ1) is 5.92. The Kier molecular flexibility index (Phi) is 2.34. The summed E-state index contributed by atoms with van der Waals surface area (Å²) in [5.74, 6) is 2.72. The van der Waals surface area contributed by atoms with Gasteiger partial charge in [-0.05, 0) is 19.3 Å². The van der Waals surface area contributed by atoms with Crippen LogP contribution in [0.1, 0.15) is 19.3 Å². The molecule has 2 unspecified atom stereocenters. The molecule has 0 aromatic carbocycles. The normalized spacial score (nSPS) is 35.9. The van der Waals surface area contributed by atoms with Crippen molar-refractivity contribution < 1.29 is 4.74 Å². The molecule has 0 N–H and O–H groups in total. The lowest BCUT2D eigenvalue weighted by atomic mass is 10.1. The molecule has 1 saturated carbocycles. The van der Waals surface area contributed by atoms with Crippen LogP contribution in [0.4, 0.5) is 0 Å². The summed E-state index contributed by atoms with van der Waals surface area (Å²) < 4.78 is 5.67. The van der Waals surface area contributed by atoms with Crippen LogP contribution in [0.2, 0.25) is 0 Å². The molecule has 2 nitrogen and oxygen atoms in total. The first-order valence-electron chi connectivity index (χ1n) is 4.71. The van der Waals surface area contributed by atoms with E-state index in [2.05, 4.69) is 10.8 Å². The fourth-order valence-electron chi connectivity index (χ4n) is 2.32. The number of nitrogens with zero attached hydrogens (tertiary/aromatic N) is 1. The highest BCUT2D eigenvalue weighted by atomic mass is 16.5. The number of morpholine rings is 1. The van der Waals surface area contributed by atoms with Gasteiger partial charge in [0.05, 0.1) is 19.3 Å². The molecule has 2 rings (SSSR count). The fourth-order valence-corrected chi connectivity index (χ4v) is 2.32. The second-order valence-electron chi connectivity index (χ2n) is 3.58. The molecule has 0 spiro atoms. The number of ether oxygens (including phenoxy) is 1. The molecule has 12 heavy (non-hydrogen) atoms. The predicted molar refractivity (Wildman–Crippen MR) is 47.8 cm³/mol. The molecule has 1 aliphatic carbocycles. The summed E-state index contributed by atoms with van der Waals surface area (Å²) in [6, 6.07) is 0.620. The van der Waals surface area contributed by atoms with Crippen LogP contribution < -0.4 is 0 Å². The molecular weight excluding hydrogens is 150 g/mol. The van der Waals surface area contributed by atoms with Crippen LogP contribution in [0.5, 0.6) is 0 Å².